The van der Waals surface area contributed by atoms with Crippen molar-refractivity contribution in [1.29, 1.82) is 0 Å². The molecule has 0 amide bonds. The van der Waals surface area contributed by atoms with Gasteiger partial charge in [-0.05, 0) is 45.1 Å². The van der Waals surface area contributed by atoms with Gasteiger partial charge in [0, 0.05) is 19.7 Å². The van der Waals surface area contributed by atoms with Gasteiger partial charge >= 0.3 is 0 Å². The molecule has 2 fully saturated rings. The van der Waals surface area contributed by atoms with Gasteiger partial charge in [0.1, 0.15) is 0 Å². The second-order valence-electron chi connectivity index (χ2n) is 4.97. The van der Waals surface area contributed by atoms with Crippen LogP contribution in [0, 0.1) is 0 Å². The first-order chi connectivity index (χ1) is 7.29. The molecule has 2 aliphatic rings. The Kier molecular flexibility index (Phi) is 4.00. The Hall–Kier alpha value is -0.120. The lowest BCUT2D eigenvalue weighted by atomic mass is 9.90. The van der Waals surface area contributed by atoms with Gasteiger partial charge in [-0.1, -0.05) is 0 Å². The highest BCUT2D eigenvalue weighted by Gasteiger charge is 2.29. The predicted octanol–water partition coefficient (Wildman–Crippen LogP) is 1.40. The van der Waals surface area contributed by atoms with E-state index in [-0.39, 0.29) is 6.10 Å². The Labute approximate surface area is 92.4 Å². The Morgan fingerprint density at radius 1 is 1.20 bits per heavy atom. The second kappa shape index (κ2) is 5.28. The first kappa shape index (κ1) is 11.4. The summed E-state index contributed by atoms with van der Waals surface area (Å²) in [5.41, 5.74) is 0. The molecule has 15 heavy (non-hydrogen) atoms. The zero-order valence-corrected chi connectivity index (χ0v) is 9.69. The summed E-state index contributed by atoms with van der Waals surface area (Å²) in [7, 11) is 1.82. The van der Waals surface area contributed by atoms with E-state index in [0.29, 0.717) is 12.1 Å². The molecule has 3 atom stereocenters. The smallest absolute Gasteiger partial charge is 0.0667 e. The van der Waals surface area contributed by atoms with Crippen molar-refractivity contribution in [2.45, 2.75) is 56.8 Å². The number of aliphatic hydroxyl groups is 1. The highest BCUT2D eigenvalue weighted by molar-refractivity contribution is 4.84. The number of nitrogens with zero attached hydrogens (tertiary/aromatic N) is 1. The topological polar surface area (TPSA) is 32.7 Å². The van der Waals surface area contributed by atoms with Gasteiger partial charge in [0.15, 0.2) is 0 Å². The Morgan fingerprint density at radius 2 is 2.07 bits per heavy atom. The van der Waals surface area contributed by atoms with Crippen molar-refractivity contribution >= 4 is 0 Å². The zero-order valence-electron chi connectivity index (χ0n) is 9.69. The Morgan fingerprint density at radius 3 is 2.80 bits per heavy atom. The Balaban J connectivity index is 1.86. The van der Waals surface area contributed by atoms with Crippen LogP contribution in [0.1, 0.15) is 38.5 Å². The summed E-state index contributed by atoms with van der Waals surface area (Å²) < 4.78 is 5.45. The molecule has 1 N–H and O–H groups in total. The number of rotatable bonds is 2. The summed E-state index contributed by atoms with van der Waals surface area (Å²) in [5.74, 6) is 0. The van der Waals surface area contributed by atoms with Crippen molar-refractivity contribution in [1.82, 2.24) is 4.90 Å². The molecule has 3 heteroatoms. The number of likely N-dealkylation sites (tertiary alicyclic amines) is 1. The van der Waals surface area contributed by atoms with Crippen LogP contribution in [0.2, 0.25) is 0 Å². The molecule has 0 aromatic rings. The number of ether oxygens (including phenoxy) is 1. The van der Waals surface area contributed by atoms with Gasteiger partial charge in [-0.15, -0.1) is 0 Å². The van der Waals surface area contributed by atoms with Gasteiger partial charge in [-0.25, -0.2) is 0 Å². The summed E-state index contributed by atoms with van der Waals surface area (Å²) >= 11 is 0. The van der Waals surface area contributed by atoms with Gasteiger partial charge in [-0.2, -0.15) is 0 Å². The molecule has 1 aliphatic carbocycles. The van der Waals surface area contributed by atoms with Crippen LogP contribution in [0.5, 0.6) is 0 Å². The quantitative estimate of drug-likeness (QED) is 0.752. The van der Waals surface area contributed by atoms with E-state index in [1.807, 2.05) is 7.11 Å². The molecule has 0 bridgehead atoms. The molecule has 1 saturated heterocycles. The normalized spacial score (nSPS) is 39.2. The molecule has 0 radical (unpaired) electrons. The fourth-order valence-corrected chi connectivity index (χ4v) is 2.98. The fourth-order valence-electron chi connectivity index (χ4n) is 2.98. The third-order valence-corrected chi connectivity index (χ3v) is 3.88. The maximum Gasteiger partial charge on any atom is 0.0667 e. The second-order valence-corrected chi connectivity index (χ2v) is 4.97. The molecule has 3 nitrogen and oxygen atoms in total. The average molecular weight is 213 g/mol. The maximum atomic E-state index is 9.66. The lowest BCUT2D eigenvalue weighted by molar-refractivity contribution is -0.00393. The van der Waals surface area contributed by atoms with E-state index in [2.05, 4.69) is 4.90 Å². The molecular formula is C12H23NO2. The monoisotopic (exact) mass is 213 g/mol. The van der Waals surface area contributed by atoms with Crippen molar-refractivity contribution in [2.24, 2.45) is 0 Å². The molecule has 1 heterocycles. The molecule has 0 spiro atoms. The minimum absolute atomic E-state index is 0.0957. The maximum absolute atomic E-state index is 9.66. The largest absolute Gasteiger partial charge is 0.392 e. The van der Waals surface area contributed by atoms with Gasteiger partial charge in [-0.3, -0.25) is 4.90 Å². The van der Waals surface area contributed by atoms with E-state index < -0.39 is 0 Å². The highest BCUT2D eigenvalue weighted by Crippen LogP contribution is 2.26. The van der Waals surface area contributed by atoms with Crippen molar-refractivity contribution in [3.63, 3.8) is 0 Å². The van der Waals surface area contributed by atoms with E-state index in [1.54, 1.807) is 0 Å². The third-order valence-electron chi connectivity index (χ3n) is 3.88. The van der Waals surface area contributed by atoms with Gasteiger partial charge in [0.05, 0.1) is 12.2 Å². The predicted molar refractivity (Wildman–Crippen MR) is 59.9 cm³/mol. The van der Waals surface area contributed by atoms with Gasteiger partial charge < -0.3 is 9.84 Å². The van der Waals surface area contributed by atoms with Crippen LogP contribution < -0.4 is 0 Å². The third kappa shape index (κ3) is 2.92. The van der Waals surface area contributed by atoms with E-state index in [0.717, 1.165) is 32.4 Å². The van der Waals surface area contributed by atoms with Crippen molar-refractivity contribution in [2.75, 3.05) is 20.2 Å². The highest BCUT2D eigenvalue weighted by atomic mass is 16.5. The summed E-state index contributed by atoms with van der Waals surface area (Å²) in [5, 5.41) is 9.66. The Bertz CT molecular complexity index is 198. The molecule has 88 valence electrons. The van der Waals surface area contributed by atoms with Crippen LogP contribution in [0.25, 0.3) is 0 Å². The summed E-state index contributed by atoms with van der Waals surface area (Å²) in [6.45, 7) is 2.04. The lowest BCUT2D eigenvalue weighted by Crippen LogP contribution is -2.47. The van der Waals surface area contributed by atoms with E-state index in [9.17, 15) is 5.11 Å². The van der Waals surface area contributed by atoms with Crippen molar-refractivity contribution < 1.29 is 9.84 Å². The van der Waals surface area contributed by atoms with Crippen LogP contribution in [0.4, 0.5) is 0 Å². The number of hydrogen-bond donors (Lipinski definition) is 1. The first-order valence-corrected chi connectivity index (χ1v) is 6.24. The number of hydrogen-bond acceptors (Lipinski definition) is 3. The minimum Gasteiger partial charge on any atom is -0.392 e. The molecule has 2 rings (SSSR count). The average Bonchev–Trinajstić information content (AvgIpc) is 2.29. The summed E-state index contributed by atoms with van der Waals surface area (Å²) in [6, 6.07) is 0.652. The van der Waals surface area contributed by atoms with Gasteiger partial charge in [0.25, 0.3) is 0 Å². The summed E-state index contributed by atoms with van der Waals surface area (Å²) in [4.78, 5) is 2.47. The first-order valence-electron chi connectivity index (χ1n) is 6.24. The molecule has 1 saturated carbocycles. The number of aliphatic hydroxyl groups excluding tert-OH is 1. The number of methoxy groups -OCH3 is 1. The van der Waals surface area contributed by atoms with Crippen LogP contribution >= 0.6 is 0 Å². The van der Waals surface area contributed by atoms with Crippen molar-refractivity contribution in [3.05, 3.63) is 0 Å². The molecule has 0 aromatic carbocycles. The van der Waals surface area contributed by atoms with Crippen LogP contribution in [0.3, 0.4) is 0 Å². The SMILES string of the molecule is COC1CCCC(N2CCC[C@H](O)C2)C1. The standard InChI is InChI=1S/C12H23NO2/c1-15-12-6-2-4-10(8-12)13-7-3-5-11(14)9-13/h10-12,14H,2-9H2,1H3/t10?,11-,12?/m0/s1. The van der Waals surface area contributed by atoms with Crippen LogP contribution in [0.15, 0.2) is 0 Å². The minimum atomic E-state index is -0.0957. The molecule has 2 unspecified atom stereocenters. The van der Waals surface area contributed by atoms with Gasteiger partial charge in [0.2, 0.25) is 0 Å². The number of piperidine rings is 1. The summed E-state index contributed by atoms with van der Waals surface area (Å²) in [6.07, 6.45) is 7.41. The molecular weight excluding hydrogens is 190 g/mol. The molecule has 0 aromatic heterocycles. The number of β-amino-alcohol motifs (C(OH)–C–C–N with tert-alkyl or cyclic N) is 1. The van der Waals surface area contributed by atoms with E-state index in [1.165, 1.54) is 19.3 Å². The fraction of sp³-hybridized carbons (Fsp3) is 1.00. The zero-order chi connectivity index (χ0) is 10.7. The van der Waals surface area contributed by atoms with E-state index in [4.69, 9.17) is 4.74 Å². The van der Waals surface area contributed by atoms with Crippen molar-refractivity contribution in [3.8, 4) is 0 Å². The van der Waals surface area contributed by atoms with E-state index >= 15 is 0 Å². The molecule has 1 aliphatic heterocycles. The lowest BCUT2D eigenvalue weighted by Gasteiger charge is -2.40. The van der Waals surface area contributed by atoms with Crippen LogP contribution in [-0.4, -0.2) is 48.5 Å². The van der Waals surface area contributed by atoms with Crippen LogP contribution in [-0.2, 0) is 4.74 Å².